The molecule has 0 aromatic heterocycles. The van der Waals surface area contributed by atoms with Crippen molar-refractivity contribution in [3.8, 4) is 0 Å². The molecule has 0 aliphatic carbocycles. The van der Waals surface area contributed by atoms with Gasteiger partial charge in [-0.15, -0.1) is 0 Å². The molecule has 3 unspecified atom stereocenters. The minimum absolute atomic E-state index is 0.172. The summed E-state index contributed by atoms with van der Waals surface area (Å²) in [4.78, 5) is 47.3. The molecular formula is C20H30N4O6. The van der Waals surface area contributed by atoms with Crippen LogP contribution < -0.4 is 22.1 Å². The van der Waals surface area contributed by atoms with E-state index in [1.807, 2.05) is 6.07 Å². The number of rotatable bonds is 14. The quantitative estimate of drug-likeness (QED) is 0.219. The van der Waals surface area contributed by atoms with E-state index in [1.165, 1.54) is 0 Å². The summed E-state index contributed by atoms with van der Waals surface area (Å²) in [5, 5.41) is 23.0. The second kappa shape index (κ2) is 13.3. The van der Waals surface area contributed by atoms with E-state index in [1.54, 1.807) is 24.3 Å². The smallest absolute Gasteiger partial charge is 0.326 e. The molecule has 30 heavy (non-hydrogen) atoms. The predicted octanol–water partition coefficient (Wildman–Crippen LogP) is -0.396. The second-order valence-corrected chi connectivity index (χ2v) is 6.97. The van der Waals surface area contributed by atoms with E-state index in [2.05, 4.69) is 10.6 Å². The van der Waals surface area contributed by atoms with E-state index in [0.717, 1.165) is 5.56 Å². The number of carboxylic acids is 2. The number of amides is 2. The van der Waals surface area contributed by atoms with Crippen LogP contribution in [0.5, 0.6) is 0 Å². The number of nitrogens with two attached hydrogens (primary N) is 2. The molecule has 0 fully saturated rings. The van der Waals surface area contributed by atoms with Gasteiger partial charge in [-0.25, -0.2) is 4.79 Å². The molecule has 0 saturated heterocycles. The number of aliphatic carboxylic acids is 2. The normalized spacial score (nSPS) is 13.7. The second-order valence-electron chi connectivity index (χ2n) is 6.97. The highest BCUT2D eigenvalue weighted by Gasteiger charge is 2.28. The first-order valence-electron chi connectivity index (χ1n) is 9.79. The molecule has 3 atom stereocenters. The van der Waals surface area contributed by atoms with Gasteiger partial charge in [-0.3, -0.25) is 14.4 Å². The molecule has 166 valence electrons. The van der Waals surface area contributed by atoms with Crippen LogP contribution in [0.2, 0.25) is 0 Å². The van der Waals surface area contributed by atoms with Crippen LogP contribution in [0.15, 0.2) is 30.3 Å². The Hall–Kier alpha value is -2.98. The number of carboxylic acid groups (broad SMARTS) is 2. The zero-order valence-corrected chi connectivity index (χ0v) is 16.8. The van der Waals surface area contributed by atoms with Gasteiger partial charge in [-0.2, -0.15) is 0 Å². The van der Waals surface area contributed by atoms with Crippen molar-refractivity contribution in [3.63, 3.8) is 0 Å². The lowest BCUT2D eigenvalue weighted by atomic mass is 10.0. The molecule has 0 bridgehead atoms. The average molecular weight is 422 g/mol. The van der Waals surface area contributed by atoms with Crippen molar-refractivity contribution in [1.29, 1.82) is 0 Å². The third kappa shape index (κ3) is 9.48. The number of hydrogen-bond acceptors (Lipinski definition) is 6. The van der Waals surface area contributed by atoms with Crippen LogP contribution in [-0.4, -0.2) is 58.6 Å². The van der Waals surface area contributed by atoms with E-state index in [-0.39, 0.29) is 25.7 Å². The maximum absolute atomic E-state index is 12.6. The first-order chi connectivity index (χ1) is 14.2. The summed E-state index contributed by atoms with van der Waals surface area (Å²) in [5.74, 6) is -3.76. The highest BCUT2D eigenvalue weighted by Crippen LogP contribution is 2.06. The summed E-state index contributed by atoms with van der Waals surface area (Å²) in [6, 6.07) is 5.72. The van der Waals surface area contributed by atoms with Gasteiger partial charge in [-0.05, 0) is 44.2 Å². The van der Waals surface area contributed by atoms with E-state index < -0.39 is 41.9 Å². The first-order valence-corrected chi connectivity index (χ1v) is 9.79. The number of carbonyl (C=O) groups is 4. The molecule has 0 aliphatic heterocycles. The molecule has 0 saturated carbocycles. The molecule has 0 heterocycles. The van der Waals surface area contributed by atoms with Gasteiger partial charge in [0.15, 0.2) is 0 Å². The van der Waals surface area contributed by atoms with Gasteiger partial charge in [0.05, 0.1) is 6.04 Å². The van der Waals surface area contributed by atoms with Crippen molar-refractivity contribution in [2.24, 2.45) is 11.5 Å². The average Bonchev–Trinajstić information content (AvgIpc) is 2.70. The molecule has 2 amide bonds. The SMILES string of the molecule is NCCCCC(NC(=O)C(CCC(=O)O)NC(=O)C(N)Cc1ccccc1)C(=O)O. The number of carbonyl (C=O) groups excluding carboxylic acids is 2. The van der Waals surface area contributed by atoms with E-state index in [9.17, 15) is 24.3 Å². The van der Waals surface area contributed by atoms with Gasteiger partial charge in [0.25, 0.3) is 0 Å². The molecule has 1 aromatic rings. The molecule has 0 aliphatic rings. The third-order valence-electron chi connectivity index (χ3n) is 4.48. The van der Waals surface area contributed by atoms with Crippen LogP contribution in [-0.2, 0) is 25.6 Å². The number of hydrogen-bond donors (Lipinski definition) is 6. The number of unbranched alkanes of at least 4 members (excludes halogenated alkanes) is 1. The Morgan fingerprint density at radius 1 is 0.900 bits per heavy atom. The maximum atomic E-state index is 12.6. The summed E-state index contributed by atoms with van der Waals surface area (Å²) in [6.07, 6.45) is 0.939. The van der Waals surface area contributed by atoms with Crippen molar-refractivity contribution < 1.29 is 29.4 Å². The Balaban J connectivity index is 2.77. The van der Waals surface area contributed by atoms with Crippen LogP contribution in [0, 0.1) is 0 Å². The van der Waals surface area contributed by atoms with Crippen LogP contribution in [0.1, 0.15) is 37.7 Å². The van der Waals surface area contributed by atoms with Crippen molar-refractivity contribution in [2.45, 2.75) is 56.7 Å². The monoisotopic (exact) mass is 422 g/mol. The van der Waals surface area contributed by atoms with Crippen molar-refractivity contribution in [1.82, 2.24) is 10.6 Å². The van der Waals surface area contributed by atoms with E-state index in [4.69, 9.17) is 16.6 Å². The Bertz CT molecular complexity index is 713. The van der Waals surface area contributed by atoms with Crippen LogP contribution in [0.25, 0.3) is 0 Å². The molecular weight excluding hydrogens is 392 g/mol. The highest BCUT2D eigenvalue weighted by molar-refractivity contribution is 5.92. The number of nitrogens with one attached hydrogen (secondary N) is 2. The first kappa shape index (κ1) is 25.1. The lowest BCUT2D eigenvalue weighted by molar-refractivity contribution is -0.143. The summed E-state index contributed by atoms with van der Waals surface area (Å²) in [6.45, 7) is 0.400. The van der Waals surface area contributed by atoms with Crippen LogP contribution in [0.4, 0.5) is 0 Å². The van der Waals surface area contributed by atoms with Crippen molar-refractivity contribution in [2.75, 3.05) is 6.54 Å². The summed E-state index contributed by atoms with van der Waals surface area (Å²) in [5.41, 5.74) is 12.1. The van der Waals surface area contributed by atoms with Gasteiger partial charge in [-0.1, -0.05) is 30.3 Å². The summed E-state index contributed by atoms with van der Waals surface area (Å²) >= 11 is 0. The highest BCUT2D eigenvalue weighted by atomic mass is 16.4. The fourth-order valence-corrected chi connectivity index (χ4v) is 2.80. The molecule has 10 heteroatoms. The van der Waals surface area contributed by atoms with Gasteiger partial charge < -0.3 is 32.3 Å². The van der Waals surface area contributed by atoms with Gasteiger partial charge in [0.1, 0.15) is 12.1 Å². The van der Waals surface area contributed by atoms with E-state index >= 15 is 0 Å². The molecule has 1 aromatic carbocycles. The molecule has 10 nitrogen and oxygen atoms in total. The van der Waals surface area contributed by atoms with Crippen molar-refractivity contribution >= 4 is 23.8 Å². The topological polar surface area (TPSA) is 185 Å². The number of benzene rings is 1. The minimum atomic E-state index is -1.22. The van der Waals surface area contributed by atoms with Crippen LogP contribution in [0.3, 0.4) is 0 Å². The fraction of sp³-hybridized carbons (Fsp3) is 0.500. The lowest BCUT2D eigenvalue weighted by Gasteiger charge is -2.22. The van der Waals surface area contributed by atoms with Crippen LogP contribution >= 0.6 is 0 Å². The summed E-state index contributed by atoms with van der Waals surface area (Å²) in [7, 11) is 0. The predicted molar refractivity (Wildman–Crippen MR) is 109 cm³/mol. The lowest BCUT2D eigenvalue weighted by Crippen LogP contribution is -2.54. The standard InChI is InChI=1S/C20H30N4O6/c21-11-5-4-8-16(20(29)30)24-19(28)15(9-10-17(25)26)23-18(27)14(22)12-13-6-2-1-3-7-13/h1-3,6-7,14-16H,4-5,8-12,21-22H2,(H,23,27)(H,24,28)(H,25,26)(H,29,30). The zero-order valence-electron chi connectivity index (χ0n) is 16.8. The Labute approximate surface area is 175 Å². The van der Waals surface area contributed by atoms with Gasteiger partial charge in [0, 0.05) is 6.42 Å². The largest absolute Gasteiger partial charge is 0.481 e. The van der Waals surface area contributed by atoms with Gasteiger partial charge in [0.2, 0.25) is 11.8 Å². The molecule has 0 spiro atoms. The Morgan fingerprint density at radius 2 is 1.53 bits per heavy atom. The minimum Gasteiger partial charge on any atom is -0.481 e. The van der Waals surface area contributed by atoms with E-state index in [0.29, 0.717) is 19.4 Å². The third-order valence-corrected chi connectivity index (χ3v) is 4.48. The molecule has 1 rings (SSSR count). The molecule has 0 radical (unpaired) electrons. The summed E-state index contributed by atoms with van der Waals surface area (Å²) < 4.78 is 0. The van der Waals surface area contributed by atoms with Gasteiger partial charge >= 0.3 is 11.9 Å². The van der Waals surface area contributed by atoms with Crippen molar-refractivity contribution in [3.05, 3.63) is 35.9 Å². The maximum Gasteiger partial charge on any atom is 0.326 e. The Morgan fingerprint density at radius 3 is 2.10 bits per heavy atom. The molecule has 8 N–H and O–H groups in total. The Kier molecular flexibility index (Phi) is 11.1. The zero-order chi connectivity index (χ0) is 22.5. The fourth-order valence-electron chi connectivity index (χ4n) is 2.80.